The van der Waals surface area contributed by atoms with E-state index in [2.05, 4.69) is 4.98 Å². The topological polar surface area (TPSA) is 90.5 Å². The fourth-order valence-electron chi connectivity index (χ4n) is 1.91. The van der Waals surface area contributed by atoms with Gasteiger partial charge in [0.1, 0.15) is 5.56 Å². The predicted octanol–water partition coefficient (Wildman–Crippen LogP) is 1.01. The Bertz CT molecular complexity index is 536. The van der Waals surface area contributed by atoms with Crippen molar-refractivity contribution in [2.75, 3.05) is 6.54 Å². The third kappa shape index (κ3) is 3.67. The minimum atomic E-state index is -0.975. The molecular weight excluding hydrogens is 248 g/mol. The molecule has 0 saturated heterocycles. The number of nitrogens with one attached hydrogen (secondary N) is 1. The van der Waals surface area contributed by atoms with Gasteiger partial charge >= 0.3 is 5.97 Å². The van der Waals surface area contributed by atoms with Crippen LogP contribution < -0.4 is 5.56 Å². The van der Waals surface area contributed by atoms with Gasteiger partial charge in [-0.15, -0.1) is 0 Å². The number of carboxylic acids is 1. The monoisotopic (exact) mass is 266 g/mol. The van der Waals surface area contributed by atoms with E-state index in [1.54, 1.807) is 26.8 Å². The molecule has 2 N–H and O–H groups in total. The normalized spacial score (nSPS) is 11.9. The summed E-state index contributed by atoms with van der Waals surface area (Å²) >= 11 is 0. The minimum Gasteiger partial charge on any atom is -0.481 e. The largest absolute Gasteiger partial charge is 0.481 e. The van der Waals surface area contributed by atoms with Crippen LogP contribution >= 0.6 is 0 Å². The number of pyridine rings is 1. The third-order valence-electron chi connectivity index (χ3n) is 2.89. The number of carbonyl (C=O) groups excluding carboxylic acids is 1. The van der Waals surface area contributed by atoms with Crippen LogP contribution in [-0.2, 0) is 4.79 Å². The Hall–Kier alpha value is -2.11. The highest BCUT2D eigenvalue weighted by molar-refractivity contribution is 5.94. The summed E-state index contributed by atoms with van der Waals surface area (Å²) in [5, 5.41) is 8.77. The number of carbonyl (C=O) groups is 2. The molecule has 1 rings (SSSR count). The first-order chi connectivity index (χ1) is 8.86. The van der Waals surface area contributed by atoms with Crippen LogP contribution in [0.2, 0.25) is 0 Å². The van der Waals surface area contributed by atoms with Crippen molar-refractivity contribution in [3.63, 3.8) is 0 Å². The second-order valence-corrected chi connectivity index (χ2v) is 4.42. The molecule has 1 amide bonds. The molecular formula is C13H18N2O4. The van der Waals surface area contributed by atoms with Crippen LogP contribution in [-0.4, -0.2) is 39.5 Å². The van der Waals surface area contributed by atoms with E-state index in [1.807, 2.05) is 0 Å². The summed E-state index contributed by atoms with van der Waals surface area (Å²) in [6.07, 6.45) is -0.149. The lowest BCUT2D eigenvalue weighted by atomic mass is 10.1. The highest BCUT2D eigenvalue weighted by Gasteiger charge is 2.23. The van der Waals surface area contributed by atoms with Gasteiger partial charge in [-0.1, -0.05) is 0 Å². The van der Waals surface area contributed by atoms with E-state index in [1.165, 1.54) is 11.0 Å². The van der Waals surface area contributed by atoms with Crippen LogP contribution in [0.4, 0.5) is 0 Å². The van der Waals surface area contributed by atoms with Gasteiger partial charge < -0.3 is 15.0 Å². The number of amides is 1. The van der Waals surface area contributed by atoms with Crippen molar-refractivity contribution in [2.45, 2.75) is 33.2 Å². The van der Waals surface area contributed by atoms with E-state index >= 15 is 0 Å². The van der Waals surface area contributed by atoms with Gasteiger partial charge in [0, 0.05) is 18.3 Å². The standard InChI is InChI=1S/C13H18N2O4/c1-4-15(9(3)7-11(16)17)13(19)10-6-5-8(2)14-12(10)18/h5-6,9H,4,7H2,1-3H3,(H,14,18)(H,16,17). The number of aliphatic carboxylic acids is 1. The van der Waals surface area contributed by atoms with Gasteiger partial charge in [-0.2, -0.15) is 0 Å². The number of hydrogen-bond donors (Lipinski definition) is 2. The van der Waals surface area contributed by atoms with E-state index in [4.69, 9.17) is 5.11 Å². The lowest BCUT2D eigenvalue weighted by Gasteiger charge is -2.26. The predicted molar refractivity (Wildman–Crippen MR) is 70.2 cm³/mol. The number of nitrogens with zero attached hydrogens (tertiary/aromatic N) is 1. The summed E-state index contributed by atoms with van der Waals surface area (Å²) in [4.78, 5) is 38.6. The third-order valence-corrected chi connectivity index (χ3v) is 2.89. The Balaban J connectivity index is 3.01. The Labute approximate surface area is 111 Å². The maximum atomic E-state index is 12.2. The van der Waals surface area contributed by atoms with E-state index in [-0.39, 0.29) is 12.0 Å². The Morgan fingerprint density at radius 3 is 2.53 bits per heavy atom. The van der Waals surface area contributed by atoms with E-state index in [0.29, 0.717) is 12.2 Å². The zero-order valence-corrected chi connectivity index (χ0v) is 11.3. The van der Waals surface area contributed by atoms with Gasteiger partial charge in [0.05, 0.1) is 6.42 Å². The summed E-state index contributed by atoms with van der Waals surface area (Å²) in [6.45, 7) is 5.47. The summed E-state index contributed by atoms with van der Waals surface area (Å²) < 4.78 is 0. The molecule has 0 radical (unpaired) electrons. The first-order valence-corrected chi connectivity index (χ1v) is 6.09. The highest BCUT2D eigenvalue weighted by Crippen LogP contribution is 2.08. The summed E-state index contributed by atoms with van der Waals surface area (Å²) in [6, 6.07) is 2.65. The molecule has 1 aromatic heterocycles. The molecule has 0 aromatic carbocycles. The van der Waals surface area contributed by atoms with Gasteiger partial charge in [-0.25, -0.2) is 0 Å². The van der Waals surface area contributed by atoms with Crippen LogP contribution in [0.25, 0.3) is 0 Å². The number of aromatic nitrogens is 1. The number of aromatic amines is 1. The molecule has 0 aliphatic heterocycles. The maximum Gasteiger partial charge on any atom is 0.305 e. The van der Waals surface area contributed by atoms with Crippen molar-refractivity contribution in [3.05, 3.63) is 33.7 Å². The van der Waals surface area contributed by atoms with Gasteiger partial charge in [-0.3, -0.25) is 14.4 Å². The fraction of sp³-hybridized carbons (Fsp3) is 0.462. The SMILES string of the molecule is CCN(C(=O)c1ccc(C)[nH]c1=O)C(C)CC(=O)O. The Morgan fingerprint density at radius 1 is 1.42 bits per heavy atom. The van der Waals surface area contributed by atoms with Crippen LogP contribution in [0.5, 0.6) is 0 Å². The van der Waals surface area contributed by atoms with Gasteiger partial charge in [0.2, 0.25) is 0 Å². The summed E-state index contributed by atoms with van der Waals surface area (Å²) in [7, 11) is 0. The number of carboxylic acid groups (broad SMARTS) is 1. The lowest BCUT2D eigenvalue weighted by molar-refractivity contribution is -0.138. The summed E-state index contributed by atoms with van der Waals surface area (Å²) in [5.74, 6) is -1.42. The molecule has 0 spiro atoms. The molecule has 0 aliphatic carbocycles. The van der Waals surface area contributed by atoms with Crippen molar-refractivity contribution in [1.82, 2.24) is 9.88 Å². The van der Waals surface area contributed by atoms with E-state index in [0.717, 1.165) is 0 Å². The van der Waals surface area contributed by atoms with Crippen molar-refractivity contribution < 1.29 is 14.7 Å². The number of H-pyrrole nitrogens is 1. The molecule has 0 saturated carbocycles. The molecule has 1 aromatic rings. The molecule has 0 aliphatic rings. The fourth-order valence-corrected chi connectivity index (χ4v) is 1.91. The van der Waals surface area contributed by atoms with Crippen molar-refractivity contribution >= 4 is 11.9 Å². The average molecular weight is 266 g/mol. The molecule has 1 unspecified atom stereocenters. The molecule has 19 heavy (non-hydrogen) atoms. The molecule has 1 atom stereocenters. The maximum absolute atomic E-state index is 12.2. The molecule has 0 fully saturated rings. The minimum absolute atomic E-state index is 0.0321. The zero-order valence-electron chi connectivity index (χ0n) is 11.3. The van der Waals surface area contributed by atoms with Crippen LogP contribution in [0.15, 0.2) is 16.9 Å². The first kappa shape index (κ1) is 14.9. The van der Waals surface area contributed by atoms with Crippen molar-refractivity contribution in [3.8, 4) is 0 Å². The molecule has 104 valence electrons. The van der Waals surface area contributed by atoms with Gasteiger partial charge in [0.25, 0.3) is 11.5 Å². The number of aryl methyl sites for hydroxylation is 1. The quantitative estimate of drug-likeness (QED) is 0.832. The molecule has 6 nitrogen and oxygen atoms in total. The highest BCUT2D eigenvalue weighted by atomic mass is 16.4. The van der Waals surface area contributed by atoms with Gasteiger partial charge in [-0.05, 0) is 32.9 Å². The van der Waals surface area contributed by atoms with E-state index < -0.39 is 23.5 Å². The molecule has 0 bridgehead atoms. The lowest BCUT2D eigenvalue weighted by Crippen LogP contribution is -2.41. The average Bonchev–Trinajstić information content (AvgIpc) is 2.28. The number of rotatable bonds is 5. The van der Waals surface area contributed by atoms with Crippen molar-refractivity contribution in [2.24, 2.45) is 0 Å². The van der Waals surface area contributed by atoms with Crippen molar-refractivity contribution in [1.29, 1.82) is 0 Å². The Morgan fingerprint density at radius 2 is 2.05 bits per heavy atom. The van der Waals surface area contributed by atoms with E-state index in [9.17, 15) is 14.4 Å². The smallest absolute Gasteiger partial charge is 0.305 e. The first-order valence-electron chi connectivity index (χ1n) is 6.09. The second kappa shape index (κ2) is 6.17. The second-order valence-electron chi connectivity index (χ2n) is 4.42. The molecule has 1 heterocycles. The number of hydrogen-bond acceptors (Lipinski definition) is 3. The van der Waals surface area contributed by atoms with Crippen LogP contribution in [0, 0.1) is 6.92 Å². The molecule has 6 heteroatoms. The Kier molecular flexibility index (Phi) is 4.86. The zero-order chi connectivity index (χ0) is 14.6. The van der Waals surface area contributed by atoms with Crippen LogP contribution in [0.1, 0.15) is 36.3 Å². The van der Waals surface area contributed by atoms with Gasteiger partial charge in [0.15, 0.2) is 0 Å². The van der Waals surface area contributed by atoms with Crippen LogP contribution in [0.3, 0.4) is 0 Å². The summed E-state index contributed by atoms with van der Waals surface area (Å²) in [5.41, 5.74) is 0.249.